The van der Waals surface area contributed by atoms with Gasteiger partial charge in [-0.05, 0) is 38.3 Å². The van der Waals surface area contributed by atoms with E-state index >= 15 is 0 Å². The Morgan fingerprint density at radius 2 is 1.80 bits per heavy atom. The Balaban J connectivity index is 1.84. The van der Waals surface area contributed by atoms with E-state index in [0.29, 0.717) is 12.3 Å². The van der Waals surface area contributed by atoms with Gasteiger partial charge in [0.1, 0.15) is 0 Å². The van der Waals surface area contributed by atoms with Gasteiger partial charge in [-0.1, -0.05) is 51.9 Å². The summed E-state index contributed by atoms with van der Waals surface area (Å²) in [5, 5.41) is 6.44. The highest BCUT2D eigenvalue weighted by molar-refractivity contribution is 5.76. The van der Waals surface area contributed by atoms with Crippen LogP contribution in [0.15, 0.2) is 0 Å². The molecular formula is C17H34N2O. The van der Waals surface area contributed by atoms with E-state index in [-0.39, 0.29) is 5.91 Å². The second-order valence-corrected chi connectivity index (χ2v) is 6.24. The van der Waals surface area contributed by atoms with Crippen LogP contribution in [0, 0.1) is 5.92 Å². The van der Waals surface area contributed by atoms with Gasteiger partial charge >= 0.3 is 0 Å². The summed E-state index contributed by atoms with van der Waals surface area (Å²) in [6, 6.07) is 0. The van der Waals surface area contributed by atoms with Crippen LogP contribution in [-0.4, -0.2) is 25.5 Å². The molecule has 0 aliphatic carbocycles. The lowest BCUT2D eigenvalue weighted by Gasteiger charge is -2.22. The molecule has 0 radical (unpaired) electrons. The molecule has 1 unspecified atom stereocenters. The SMILES string of the molecule is CCCCCCCCCCNC(=O)CC1CCCNC1. The molecule has 3 heteroatoms. The highest BCUT2D eigenvalue weighted by atomic mass is 16.1. The molecule has 3 nitrogen and oxygen atoms in total. The molecule has 1 aliphatic rings. The molecule has 0 spiro atoms. The van der Waals surface area contributed by atoms with Crippen molar-refractivity contribution in [1.82, 2.24) is 10.6 Å². The molecule has 1 amide bonds. The summed E-state index contributed by atoms with van der Waals surface area (Å²) in [6.45, 7) is 5.27. The maximum atomic E-state index is 11.8. The van der Waals surface area contributed by atoms with Crippen molar-refractivity contribution in [2.24, 2.45) is 5.92 Å². The van der Waals surface area contributed by atoms with E-state index in [9.17, 15) is 4.79 Å². The lowest BCUT2D eigenvalue weighted by molar-refractivity contribution is -0.122. The fraction of sp³-hybridized carbons (Fsp3) is 0.941. The topological polar surface area (TPSA) is 41.1 Å². The minimum Gasteiger partial charge on any atom is -0.356 e. The number of hydrogen-bond donors (Lipinski definition) is 2. The summed E-state index contributed by atoms with van der Waals surface area (Å²) in [7, 11) is 0. The Bertz CT molecular complexity index is 237. The van der Waals surface area contributed by atoms with Crippen molar-refractivity contribution in [1.29, 1.82) is 0 Å². The molecule has 1 atom stereocenters. The van der Waals surface area contributed by atoms with Crippen LogP contribution >= 0.6 is 0 Å². The van der Waals surface area contributed by atoms with Crippen LogP contribution in [0.4, 0.5) is 0 Å². The molecule has 2 N–H and O–H groups in total. The molecule has 1 fully saturated rings. The first-order chi connectivity index (χ1) is 9.83. The largest absolute Gasteiger partial charge is 0.356 e. The molecule has 118 valence electrons. The molecule has 1 rings (SSSR count). The second kappa shape index (κ2) is 12.2. The van der Waals surface area contributed by atoms with Crippen LogP contribution in [0.3, 0.4) is 0 Å². The third-order valence-electron chi connectivity index (χ3n) is 4.23. The summed E-state index contributed by atoms with van der Waals surface area (Å²) < 4.78 is 0. The van der Waals surface area contributed by atoms with Crippen molar-refractivity contribution in [2.45, 2.75) is 77.6 Å². The van der Waals surface area contributed by atoms with Crippen molar-refractivity contribution < 1.29 is 4.79 Å². The van der Waals surface area contributed by atoms with Crippen molar-refractivity contribution in [2.75, 3.05) is 19.6 Å². The first-order valence-corrected chi connectivity index (χ1v) is 8.80. The Hall–Kier alpha value is -0.570. The zero-order chi connectivity index (χ0) is 14.5. The highest BCUT2D eigenvalue weighted by Crippen LogP contribution is 2.13. The summed E-state index contributed by atoms with van der Waals surface area (Å²) in [5.41, 5.74) is 0. The van der Waals surface area contributed by atoms with Crippen LogP contribution in [0.1, 0.15) is 77.6 Å². The molecule has 20 heavy (non-hydrogen) atoms. The average molecular weight is 282 g/mol. The molecular weight excluding hydrogens is 248 g/mol. The molecule has 1 saturated heterocycles. The first kappa shape index (κ1) is 17.5. The third kappa shape index (κ3) is 9.35. The Morgan fingerprint density at radius 3 is 2.45 bits per heavy atom. The number of unbranched alkanes of at least 4 members (excludes halogenated alkanes) is 7. The maximum absolute atomic E-state index is 11.8. The van der Waals surface area contributed by atoms with Crippen LogP contribution in [0.25, 0.3) is 0 Å². The molecule has 0 aromatic rings. The van der Waals surface area contributed by atoms with Crippen LogP contribution in [-0.2, 0) is 4.79 Å². The van der Waals surface area contributed by atoms with Crippen LogP contribution in [0.2, 0.25) is 0 Å². The van der Waals surface area contributed by atoms with Gasteiger partial charge in [0, 0.05) is 13.0 Å². The Morgan fingerprint density at radius 1 is 1.10 bits per heavy atom. The fourth-order valence-corrected chi connectivity index (χ4v) is 2.92. The number of carbonyl (C=O) groups is 1. The van der Waals surface area contributed by atoms with Crippen LogP contribution < -0.4 is 10.6 Å². The van der Waals surface area contributed by atoms with E-state index < -0.39 is 0 Å². The van der Waals surface area contributed by atoms with E-state index in [4.69, 9.17) is 0 Å². The predicted molar refractivity (Wildman–Crippen MR) is 85.8 cm³/mol. The van der Waals surface area contributed by atoms with Gasteiger partial charge in [-0.3, -0.25) is 4.79 Å². The van der Waals surface area contributed by atoms with Gasteiger partial charge in [0.05, 0.1) is 0 Å². The monoisotopic (exact) mass is 282 g/mol. The number of nitrogens with one attached hydrogen (secondary N) is 2. The predicted octanol–water partition coefficient (Wildman–Crippen LogP) is 3.63. The molecule has 1 heterocycles. The van der Waals surface area contributed by atoms with Gasteiger partial charge in [0.2, 0.25) is 5.91 Å². The van der Waals surface area contributed by atoms with E-state index in [1.165, 1.54) is 57.8 Å². The molecule has 1 aliphatic heterocycles. The number of hydrogen-bond acceptors (Lipinski definition) is 2. The number of carbonyl (C=O) groups excluding carboxylic acids is 1. The summed E-state index contributed by atoms with van der Waals surface area (Å²) >= 11 is 0. The first-order valence-electron chi connectivity index (χ1n) is 8.80. The molecule has 0 saturated carbocycles. The minimum atomic E-state index is 0.252. The highest BCUT2D eigenvalue weighted by Gasteiger charge is 2.16. The van der Waals surface area contributed by atoms with Crippen molar-refractivity contribution in [3.8, 4) is 0 Å². The standard InChI is InChI=1S/C17H34N2O/c1-2-3-4-5-6-7-8-9-13-19-17(20)14-16-11-10-12-18-15-16/h16,18H,2-15H2,1H3,(H,19,20). The van der Waals surface area contributed by atoms with Gasteiger partial charge in [-0.15, -0.1) is 0 Å². The van der Waals surface area contributed by atoms with Gasteiger partial charge in [-0.2, -0.15) is 0 Å². The van der Waals surface area contributed by atoms with E-state index in [2.05, 4.69) is 17.6 Å². The van der Waals surface area contributed by atoms with Gasteiger partial charge in [0.25, 0.3) is 0 Å². The number of piperidine rings is 1. The zero-order valence-electron chi connectivity index (χ0n) is 13.4. The average Bonchev–Trinajstić information content (AvgIpc) is 2.46. The summed E-state index contributed by atoms with van der Waals surface area (Å²) in [5.74, 6) is 0.809. The second-order valence-electron chi connectivity index (χ2n) is 6.24. The van der Waals surface area contributed by atoms with Crippen molar-refractivity contribution >= 4 is 5.91 Å². The minimum absolute atomic E-state index is 0.252. The molecule has 0 aromatic heterocycles. The number of rotatable bonds is 11. The number of amides is 1. The lowest BCUT2D eigenvalue weighted by atomic mass is 9.96. The van der Waals surface area contributed by atoms with E-state index in [1.54, 1.807) is 0 Å². The van der Waals surface area contributed by atoms with Gasteiger partial charge < -0.3 is 10.6 Å². The molecule has 0 aromatic carbocycles. The summed E-state index contributed by atoms with van der Waals surface area (Å²) in [4.78, 5) is 11.8. The van der Waals surface area contributed by atoms with Crippen molar-refractivity contribution in [3.05, 3.63) is 0 Å². The van der Waals surface area contributed by atoms with Gasteiger partial charge in [0.15, 0.2) is 0 Å². The molecule has 0 bridgehead atoms. The lowest BCUT2D eigenvalue weighted by Crippen LogP contribution is -2.34. The van der Waals surface area contributed by atoms with E-state index in [1.807, 2.05) is 0 Å². The van der Waals surface area contributed by atoms with Gasteiger partial charge in [-0.25, -0.2) is 0 Å². The smallest absolute Gasteiger partial charge is 0.220 e. The maximum Gasteiger partial charge on any atom is 0.220 e. The summed E-state index contributed by atoms with van der Waals surface area (Å²) in [6.07, 6.45) is 13.7. The zero-order valence-corrected chi connectivity index (χ0v) is 13.4. The third-order valence-corrected chi connectivity index (χ3v) is 4.23. The normalized spacial score (nSPS) is 18.9. The van der Waals surface area contributed by atoms with E-state index in [0.717, 1.165) is 26.1 Å². The van der Waals surface area contributed by atoms with Crippen LogP contribution in [0.5, 0.6) is 0 Å². The fourth-order valence-electron chi connectivity index (χ4n) is 2.92. The Kier molecular flexibility index (Phi) is 10.7. The Labute approximate surface area is 125 Å². The quantitative estimate of drug-likeness (QED) is 0.568. The van der Waals surface area contributed by atoms with Crippen molar-refractivity contribution in [3.63, 3.8) is 0 Å².